The highest BCUT2D eigenvalue weighted by Crippen LogP contribution is 2.22. The van der Waals surface area contributed by atoms with Crippen molar-refractivity contribution in [2.24, 2.45) is 11.7 Å². The molecule has 0 aliphatic carbocycles. The van der Waals surface area contributed by atoms with E-state index in [4.69, 9.17) is 5.73 Å². The Morgan fingerprint density at radius 1 is 1.56 bits per heavy atom. The predicted octanol–water partition coefficient (Wildman–Crippen LogP) is 1.94. The highest BCUT2D eigenvalue weighted by atomic mass is 19.1. The first-order valence-electron chi connectivity index (χ1n) is 6.30. The van der Waals surface area contributed by atoms with Gasteiger partial charge in [-0.25, -0.2) is 4.39 Å². The Balaban J connectivity index is 2.15. The maximum absolute atomic E-state index is 13.2. The van der Waals surface area contributed by atoms with E-state index in [0.717, 1.165) is 12.0 Å². The minimum atomic E-state index is -0.369. The molecule has 1 heterocycles. The molecular weight excluding hydrogens is 231 g/mol. The van der Waals surface area contributed by atoms with Crippen molar-refractivity contribution in [3.8, 4) is 0 Å². The zero-order chi connectivity index (χ0) is 13.3. The third kappa shape index (κ3) is 2.53. The van der Waals surface area contributed by atoms with Gasteiger partial charge in [-0.05, 0) is 43.9 Å². The topological polar surface area (TPSA) is 46.3 Å². The fourth-order valence-electron chi connectivity index (χ4n) is 2.40. The Morgan fingerprint density at radius 3 is 2.89 bits per heavy atom. The molecule has 4 heteroatoms. The van der Waals surface area contributed by atoms with Crippen molar-refractivity contribution in [3.05, 3.63) is 35.1 Å². The highest BCUT2D eigenvalue weighted by Gasteiger charge is 2.29. The molecule has 98 valence electrons. The van der Waals surface area contributed by atoms with E-state index in [9.17, 15) is 9.18 Å². The summed E-state index contributed by atoms with van der Waals surface area (Å²) in [7, 11) is 0. The summed E-state index contributed by atoms with van der Waals surface area (Å²) in [5.74, 6) is -0.107. The molecule has 2 rings (SSSR count). The Hall–Kier alpha value is -1.42. The van der Waals surface area contributed by atoms with Gasteiger partial charge in [-0.3, -0.25) is 4.79 Å². The molecule has 0 aromatic heterocycles. The summed E-state index contributed by atoms with van der Waals surface area (Å²) in [5, 5.41) is 0. The van der Waals surface area contributed by atoms with Crippen molar-refractivity contribution < 1.29 is 9.18 Å². The van der Waals surface area contributed by atoms with Crippen LogP contribution in [0.5, 0.6) is 0 Å². The molecule has 0 spiro atoms. The molecule has 1 aliphatic heterocycles. The SMILES string of the molecule is Cc1ccc(F)cc1C(=O)N1CCC(C(C)N)C1. The molecular formula is C14H19FN2O. The number of nitrogens with two attached hydrogens (primary N) is 1. The Labute approximate surface area is 107 Å². The van der Waals surface area contributed by atoms with E-state index in [1.54, 1.807) is 11.0 Å². The number of nitrogens with zero attached hydrogens (tertiary/aromatic N) is 1. The quantitative estimate of drug-likeness (QED) is 0.872. The van der Waals surface area contributed by atoms with Crippen LogP contribution >= 0.6 is 0 Å². The van der Waals surface area contributed by atoms with Gasteiger partial charge in [0.25, 0.3) is 5.91 Å². The van der Waals surface area contributed by atoms with Gasteiger partial charge in [-0.2, -0.15) is 0 Å². The van der Waals surface area contributed by atoms with E-state index in [1.807, 2.05) is 13.8 Å². The minimum absolute atomic E-state index is 0.0878. The lowest BCUT2D eigenvalue weighted by Gasteiger charge is -2.19. The van der Waals surface area contributed by atoms with Crippen molar-refractivity contribution in [2.75, 3.05) is 13.1 Å². The van der Waals surface area contributed by atoms with Crippen LogP contribution < -0.4 is 5.73 Å². The Morgan fingerprint density at radius 2 is 2.28 bits per heavy atom. The van der Waals surface area contributed by atoms with E-state index in [0.29, 0.717) is 24.6 Å². The number of carbonyl (C=O) groups excluding carboxylic acids is 1. The molecule has 1 aromatic rings. The van der Waals surface area contributed by atoms with Gasteiger partial charge >= 0.3 is 0 Å². The summed E-state index contributed by atoms with van der Waals surface area (Å²) < 4.78 is 13.2. The summed E-state index contributed by atoms with van der Waals surface area (Å²) >= 11 is 0. The van der Waals surface area contributed by atoms with Gasteiger partial charge < -0.3 is 10.6 Å². The molecule has 1 amide bonds. The van der Waals surface area contributed by atoms with E-state index in [1.165, 1.54) is 12.1 Å². The van der Waals surface area contributed by atoms with Gasteiger partial charge in [-0.15, -0.1) is 0 Å². The smallest absolute Gasteiger partial charge is 0.254 e. The average Bonchev–Trinajstić information content (AvgIpc) is 2.81. The van der Waals surface area contributed by atoms with Crippen LogP contribution in [-0.2, 0) is 0 Å². The largest absolute Gasteiger partial charge is 0.338 e. The van der Waals surface area contributed by atoms with Crippen LogP contribution in [0, 0.1) is 18.7 Å². The number of halogens is 1. The molecule has 0 radical (unpaired) electrons. The number of aryl methyl sites for hydroxylation is 1. The van der Waals surface area contributed by atoms with Gasteiger partial charge in [0.15, 0.2) is 0 Å². The van der Waals surface area contributed by atoms with Crippen molar-refractivity contribution in [2.45, 2.75) is 26.3 Å². The van der Waals surface area contributed by atoms with Crippen LogP contribution in [0.2, 0.25) is 0 Å². The lowest BCUT2D eigenvalue weighted by Crippen LogP contribution is -2.33. The summed E-state index contributed by atoms with van der Waals surface area (Å²) in [5.41, 5.74) is 7.12. The molecule has 1 saturated heterocycles. The van der Waals surface area contributed by atoms with Gasteiger partial charge in [0.05, 0.1) is 0 Å². The number of likely N-dealkylation sites (tertiary alicyclic amines) is 1. The van der Waals surface area contributed by atoms with E-state index in [-0.39, 0.29) is 17.8 Å². The zero-order valence-corrected chi connectivity index (χ0v) is 10.8. The molecule has 2 N–H and O–H groups in total. The van der Waals surface area contributed by atoms with Crippen LogP contribution in [0.15, 0.2) is 18.2 Å². The third-order valence-corrected chi connectivity index (χ3v) is 3.69. The number of hydrogen-bond donors (Lipinski definition) is 1. The molecule has 1 fully saturated rings. The van der Waals surface area contributed by atoms with E-state index >= 15 is 0 Å². The maximum atomic E-state index is 13.2. The van der Waals surface area contributed by atoms with Crippen LogP contribution in [0.4, 0.5) is 4.39 Å². The molecule has 3 nitrogen and oxygen atoms in total. The molecule has 1 aliphatic rings. The Bertz CT molecular complexity index is 459. The van der Waals surface area contributed by atoms with Gasteiger partial charge in [0.1, 0.15) is 5.82 Å². The first kappa shape index (κ1) is 13.0. The standard InChI is InChI=1S/C14H19FN2O/c1-9-3-4-12(15)7-13(9)14(18)17-6-5-11(8-17)10(2)16/h3-4,7,10-11H,5-6,8,16H2,1-2H3. The molecule has 18 heavy (non-hydrogen) atoms. The third-order valence-electron chi connectivity index (χ3n) is 3.69. The fraction of sp³-hybridized carbons (Fsp3) is 0.500. The second-order valence-electron chi connectivity index (χ2n) is 5.12. The zero-order valence-electron chi connectivity index (χ0n) is 10.8. The Kier molecular flexibility index (Phi) is 3.66. The van der Waals surface area contributed by atoms with E-state index in [2.05, 4.69) is 0 Å². The molecule has 2 atom stereocenters. The number of carbonyl (C=O) groups is 1. The van der Waals surface area contributed by atoms with E-state index < -0.39 is 0 Å². The van der Waals surface area contributed by atoms with Crippen LogP contribution in [0.1, 0.15) is 29.3 Å². The van der Waals surface area contributed by atoms with Crippen LogP contribution in [0.25, 0.3) is 0 Å². The van der Waals surface area contributed by atoms with Crippen molar-refractivity contribution in [1.82, 2.24) is 4.90 Å². The first-order chi connectivity index (χ1) is 8.49. The lowest BCUT2D eigenvalue weighted by molar-refractivity contribution is 0.0784. The molecule has 0 saturated carbocycles. The second-order valence-corrected chi connectivity index (χ2v) is 5.12. The second kappa shape index (κ2) is 5.06. The van der Waals surface area contributed by atoms with Crippen LogP contribution in [0.3, 0.4) is 0 Å². The monoisotopic (exact) mass is 250 g/mol. The number of benzene rings is 1. The molecule has 2 unspecified atom stereocenters. The lowest BCUT2D eigenvalue weighted by atomic mass is 10.0. The number of rotatable bonds is 2. The first-order valence-corrected chi connectivity index (χ1v) is 6.30. The fourth-order valence-corrected chi connectivity index (χ4v) is 2.40. The molecule has 1 aromatic carbocycles. The maximum Gasteiger partial charge on any atom is 0.254 e. The number of amides is 1. The average molecular weight is 250 g/mol. The van der Waals surface area contributed by atoms with Crippen LogP contribution in [-0.4, -0.2) is 29.9 Å². The van der Waals surface area contributed by atoms with Gasteiger partial charge in [0.2, 0.25) is 0 Å². The predicted molar refractivity (Wildman–Crippen MR) is 68.8 cm³/mol. The summed E-state index contributed by atoms with van der Waals surface area (Å²) in [6.07, 6.45) is 0.928. The van der Waals surface area contributed by atoms with Crippen molar-refractivity contribution in [1.29, 1.82) is 0 Å². The molecule has 0 bridgehead atoms. The summed E-state index contributed by atoms with van der Waals surface area (Å²) in [6.45, 7) is 5.17. The normalized spacial score (nSPS) is 21.1. The minimum Gasteiger partial charge on any atom is -0.338 e. The van der Waals surface area contributed by atoms with Crippen molar-refractivity contribution >= 4 is 5.91 Å². The van der Waals surface area contributed by atoms with Gasteiger partial charge in [-0.1, -0.05) is 6.07 Å². The summed E-state index contributed by atoms with van der Waals surface area (Å²) in [4.78, 5) is 14.1. The summed E-state index contributed by atoms with van der Waals surface area (Å²) in [6, 6.07) is 4.43. The highest BCUT2D eigenvalue weighted by molar-refractivity contribution is 5.95. The van der Waals surface area contributed by atoms with Gasteiger partial charge in [0, 0.05) is 24.7 Å². The van der Waals surface area contributed by atoms with Crippen molar-refractivity contribution in [3.63, 3.8) is 0 Å². The number of hydrogen-bond acceptors (Lipinski definition) is 2.